The van der Waals surface area contributed by atoms with Crippen LogP contribution in [-0.2, 0) is 9.53 Å². The molecule has 24 heavy (non-hydrogen) atoms. The van der Waals surface area contributed by atoms with Gasteiger partial charge in [0.05, 0.1) is 18.2 Å². The lowest BCUT2D eigenvalue weighted by Crippen LogP contribution is -2.53. The van der Waals surface area contributed by atoms with Gasteiger partial charge < -0.3 is 19.9 Å². The highest BCUT2D eigenvalue weighted by molar-refractivity contribution is 5.96. The summed E-state index contributed by atoms with van der Waals surface area (Å²) in [5.74, 6) is 0.0490. The fourth-order valence-corrected chi connectivity index (χ4v) is 3.39. The molecule has 0 aliphatic carbocycles. The maximum Gasteiger partial charge on any atom is 0.317 e. The third-order valence-corrected chi connectivity index (χ3v) is 4.51. The molecule has 6 nitrogen and oxygen atoms in total. The van der Waals surface area contributed by atoms with Gasteiger partial charge in [-0.25, -0.2) is 4.79 Å². The van der Waals surface area contributed by atoms with Crippen LogP contribution in [0.2, 0.25) is 0 Å². The average Bonchev–Trinajstić information content (AvgIpc) is 2.87. The van der Waals surface area contributed by atoms with Gasteiger partial charge in [0.15, 0.2) is 0 Å². The standard InChI is InChI=1S/C18H25N3O3/c1-12-4-6-16(7-5-12)21-11-15(8-17(21)22)19-18(23)20-9-13(2)24-14(3)10-20/h4-7,13-15H,8-11H2,1-3H3,(H,19,23). The molecule has 2 fully saturated rings. The predicted octanol–water partition coefficient (Wildman–Crippen LogP) is 1.92. The van der Waals surface area contributed by atoms with Crippen LogP contribution in [-0.4, -0.2) is 54.7 Å². The highest BCUT2D eigenvalue weighted by Gasteiger charge is 2.33. The summed E-state index contributed by atoms with van der Waals surface area (Å²) in [4.78, 5) is 28.3. The molecule has 0 spiro atoms. The minimum absolute atomic E-state index is 0.0359. The lowest BCUT2D eigenvalue weighted by molar-refractivity contribution is -0.117. The second kappa shape index (κ2) is 6.81. The van der Waals surface area contributed by atoms with Crippen molar-refractivity contribution in [3.05, 3.63) is 29.8 Å². The van der Waals surface area contributed by atoms with Crippen LogP contribution in [0.25, 0.3) is 0 Å². The number of hydrogen-bond donors (Lipinski definition) is 1. The molecule has 1 N–H and O–H groups in total. The number of aryl methyl sites for hydroxylation is 1. The van der Waals surface area contributed by atoms with Crippen molar-refractivity contribution in [3.8, 4) is 0 Å². The molecule has 2 aliphatic rings. The summed E-state index contributed by atoms with van der Waals surface area (Å²) >= 11 is 0. The van der Waals surface area contributed by atoms with E-state index in [9.17, 15) is 9.59 Å². The molecule has 3 atom stereocenters. The Morgan fingerprint density at radius 3 is 2.38 bits per heavy atom. The molecule has 3 amide bonds. The molecule has 0 aromatic heterocycles. The van der Waals surface area contributed by atoms with Crippen LogP contribution in [0.1, 0.15) is 25.8 Å². The first-order valence-electron chi connectivity index (χ1n) is 8.50. The minimum atomic E-state index is -0.153. The summed E-state index contributed by atoms with van der Waals surface area (Å²) in [5, 5.41) is 3.00. The molecule has 1 aromatic carbocycles. The van der Waals surface area contributed by atoms with Gasteiger partial charge in [-0.1, -0.05) is 17.7 Å². The number of urea groups is 1. The lowest BCUT2D eigenvalue weighted by Gasteiger charge is -2.35. The first-order valence-corrected chi connectivity index (χ1v) is 8.50. The molecule has 2 heterocycles. The van der Waals surface area contributed by atoms with Gasteiger partial charge in [0, 0.05) is 31.7 Å². The van der Waals surface area contributed by atoms with Crippen molar-refractivity contribution in [1.29, 1.82) is 0 Å². The zero-order chi connectivity index (χ0) is 17.3. The molecule has 3 unspecified atom stereocenters. The van der Waals surface area contributed by atoms with Crippen molar-refractivity contribution < 1.29 is 14.3 Å². The number of carbonyl (C=O) groups excluding carboxylic acids is 2. The van der Waals surface area contributed by atoms with Gasteiger partial charge >= 0.3 is 6.03 Å². The van der Waals surface area contributed by atoms with Gasteiger partial charge in [-0.15, -0.1) is 0 Å². The van der Waals surface area contributed by atoms with Crippen molar-refractivity contribution >= 4 is 17.6 Å². The Kier molecular flexibility index (Phi) is 4.76. The average molecular weight is 331 g/mol. The van der Waals surface area contributed by atoms with Gasteiger partial charge in [0.1, 0.15) is 0 Å². The Morgan fingerprint density at radius 1 is 1.12 bits per heavy atom. The van der Waals surface area contributed by atoms with E-state index in [0.717, 1.165) is 11.3 Å². The molecule has 0 radical (unpaired) electrons. The Balaban J connectivity index is 1.59. The zero-order valence-electron chi connectivity index (χ0n) is 14.5. The topological polar surface area (TPSA) is 61.9 Å². The number of ether oxygens (including phenoxy) is 1. The molecule has 0 bridgehead atoms. The van der Waals surface area contributed by atoms with Crippen LogP contribution >= 0.6 is 0 Å². The first kappa shape index (κ1) is 16.8. The molecule has 1 aromatic rings. The number of nitrogens with one attached hydrogen (secondary N) is 1. The van der Waals surface area contributed by atoms with Crippen molar-refractivity contribution in [3.63, 3.8) is 0 Å². The predicted molar refractivity (Wildman–Crippen MR) is 92.1 cm³/mol. The van der Waals surface area contributed by atoms with Crippen LogP contribution in [0, 0.1) is 6.92 Å². The SMILES string of the molecule is Cc1ccc(N2CC(NC(=O)N3CC(C)OC(C)C3)CC2=O)cc1. The monoisotopic (exact) mass is 331 g/mol. The van der Waals surface area contributed by atoms with Gasteiger partial charge in [-0.3, -0.25) is 4.79 Å². The second-order valence-corrected chi connectivity index (χ2v) is 6.85. The van der Waals surface area contributed by atoms with E-state index in [0.29, 0.717) is 26.1 Å². The number of hydrogen-bond acceptors (Lipinski definition) is 3. The molecule has 6 heteroatoms. The second-order valence-electron chi connectivity index (χ2n) is 6.85. The first-order chi connectivity index (χ1) is 11.4. The Hall–Kier alpha value is -2.08. The molecule has 130 valence electrons. The minimum Gasteiger partial charge on any atom is -0.372 e. The summed E-state index contributed by atoms with van der Waals surface area (Å²) in [5.41, 5.74) is 2.04. The molecule has 2 saturated heterocycles. The smallest absolute Gasteiger partial charge is 0.317 e. The van der Waals surface area contributed by atoms with Crippen molar-refractivity contribution in [1.82, 2.24) is 10.2 Å². The van der Waals surface area contributed by atoms with E-state index in [1.165, 1.54) is 0 Å². The summed E-state index contributed by atoms with van der Waals surface area (Å²) < 4.78 is 5.65. The van der Waals surface area contributed by atoms with Gasteiger partial charge in [-0.2, -0.15) is 0 Å². The lowest BCUT2D eigenvalue weighted by atomic mass is 10.2. The van der Waals surface area contributed by atoms with Crippen molar-refractivity contribution in [2.75, 3.05) is 24.5 Å². The summed E-state index contributed by atoms with van der Waals surface area (Å²) in [6.07, 6.45) is 0.414. The number of benzene rings is 1. The number of amides is 3. The van der Waals surface area contributed by atoms with E-state index < -0.39 is 0 Å². The normalized spacial score (nSPS) is 27.5. The Labute approximate surface area is 142 Å². The van der Waals surface area contributed by atoms with Crippen molar-refractivity contribution in [2.24, 2.45) is 0 Å². The van der Waals surface area contributed by atoms with Crippen molar-refractivity contribution in [2.45, 2.75) is 45.4 Å². The molecular formula is C18H25N3O3. The third-order valence-electron chi connectivity index (χ3n) is 4.51. The fraction of sp³-hybridized carbons (Fsp3) is 0.556. The highest BCUT2D eigenvalue weighted by Crippen LogP contribution is 2.22. The summed E-state index contributed by atoms with van der Waals surface area (Å²) in [7, 11) is 0. The Bertz CT molecular complexity index is 606. The summed E-state index contributed by atoms with van der Waals surface area (Å²) in [6.45, 7) is 7.63. The summed E-state index contributed by atoms with van der Waals surface area (Å²) in [6, 6.07) is 7.61. The number of carbonyl (C=O) groups is 2. The van der Waals surface area contributed by atoms with Gasteiger partial charge in [0.2, 0.25) is 5.91 Å². The molecule has 2 aliphatic heterocycles. The number of rotatable bonds is 2. The Morgan fingerprint density at radius 2 is 1.75 bits per heavy atom. The maximum atomic E-state index is 12.5. The molecule has 0 saturated carbocycles. The van der Waals surface area contributed by atoms with E-state index in [-0.39, 0.29) is 30.2 Å². The van der Waals surface area contributed by atoms with Gasteiger partial charge in [-0.05, 0) is 32.9 Å². The zero-order valence-corrected chi connectivity index (χ0v) is 14.5. The molecular weight excluding hydrogens is 306 g/mol. The maximum absolute atomic E-state index is 12.5. The number of morpholine rings is 1. The van der Waals surface area contributed by atoms with Crippen LogP contribution in [0.4, 0.5) is 10.5 Å². The quantitative estimate of drug-likeness (QED) is 0.900. The molecule has 3 rings (SSSR count). The van der Waals surface area contributed by atoms with E-state index in [1.807, 2.05) is 45.0 Å². The van der Waals surface area contributed by atoms with Crippen LogP contribution < -0.4 is 10.2 Å². The van der Waals surface area contributed by atoms with Crippen LogP contribution in [0.15, 0.2) is 24.3 Å². The number of anilines is 1. The van der Waals surface area contributed by atoms with Crippen LogP contribution in [0.5, 0.6) is 0 Å². The largest absolute Gasteiger partial charge is 0.372 e. The van der Waals surface area contributed by atoms with E-state index in [4.69, 9.17) is 4.74 Å². The van der Waals surface area contributed by atoms with E-state index in [1.54, 1.807) is 9.80 Å². The number of nitrogens with zero attached hydrogens (tertiary/aromatic N) is 2. The van der Waals surface area contributed by atoms with Gasteiger partial charge in [0.25, 0.3) is 0 Å². The highest BCUT2D eigenvalue weighted by atomic mass is 16.5. The fourth-order valence-electron chi connectivity index (χ4n) is 3.39. The van der Waals surface area contributed by atoms with E-state index >= 15 is 0 Å². The third kappa shape index (κ3) is 3.70. The van der Waals surface area contributed by atoms with E-state index in [2.05, 4.69) is 5.32 Å². The van der Waals surface area contributed by atoms with Crippen LogP contribution in [0.3, 0.4) is 0 Å².